The van der Waals surface area contributed by atoms with E-state index in [-0.39, 0.29) is 0 Å². The number of nitrogens with zero attached hydrogens (tertiary/aromatic N) is 3. The maximum absolute atomic E-state index is 6.04. The number of aromatic nitrogens is 3. The molecule has 0 radical (unpaired) electrons. The van der Waals surface area contributed by atoms with Crippen LogP contribution in [-0.4, -0.2) is 14.5 Å². The van der Waals surface area contributed by atoms with Gasteiger partial charge in [-0.1, -0.05) is 11.6 Å². The van der Waals surface area contributed by atoms with Gasteiger partial charge in [0.25, 0.3) is 0 Å². The predicted octanol–water partition coefficient (Wildman–Crippen LogP) is 3.23. The van der Waals surface area contributed by atoms with Crippen LogP contribution in [0.4, 0.5) is 0 Å². The van der Waals surface area contributed by atoms with Crippen molar-refractivity contribution in [3.05, 3.63) is 47.2 Å². The van der Waals surface area contributed by atoms with Crippen molar-refractivity contribution in [2.45, 2.75) is 20.0 Å². The minimum atomic E-state index is 0.423. The van der Waals surface area contributed by atoms with Gasteiger partial charge in [-0.25, -0.2) is 4.98 Å². The monoisotopic (exact) mass is 286 g/mol. The molecule has 1 aromatic carbocycles. The van der Waals surface area contributed by atoms with Gasteiger partial charge in [-0.05, 0) is 37.3 Å². The molecule has 0 aliphatic rings. The van der Waals surface area contributed by atoms with Crippen LogP contribution in [0, 0.1) is 0 Å². The second-order valence-electron chi connectivity index (χ2n) is 4.55. The molecule has 20 heavy (non-hydrogen) atoms. The molecule has 0 aliphatic carbocycles. The van der Waals surface area contributed by atoms with E-state index in [0.717, 1.165) is 34.7 Å². The fraction of sp³-hybridized carbons (Fsp3) is 0.200. The van der Waals surface area contributed by atoms with Gasteiger partial charge in [0.1, 0.15) is 5.82 Å². The van der Waals surface area contributed by atoms with E-state index in [1.807, 2.05) is 30.3 Å². The minimum Gasteiger partial charge on any atom is -0.325 e. The molecular weight excluding hydrogens is 272 g/mol. The molecule has 2 N–H and O–H groups in total. The number of rotatable bonds is 3. The van der Waals surface area contributed by atoms with Crippen molar-refractivity contribution >= 4 is 22.6 Å². The zero-order valence-electron chi connectivity index (χ0n) is 11.2. The smallest absolute Gasteiger partial charge is 0.141 e. The first-order chi connectivity index (χ1) is 9.72. The molecule has 102 valence electrons. The van der Waals surface area contributed by atoms with Crippen LogP contribution in [0.25, 0.3) is 22.4 Å². The van der Waals surface area contributed by atoms with E-state index in [0.29, 0.717) is 11.6 Å². The maximum Gasteiger partial charge on any atom is 0.141 e. The summed E-state index contributed by atoms with van der Waals surface area (Å²) in [6.45, 7) is 3.37. The van der Waals surface area contributed by atoms with E-state index in [1.165, 1.54) is 0 Å². The highest BCUT2D eigenvalue weighted by atomic mass is 35.5. The largest absolute Gasteiger partial charge is 0.325 e. The zero-order valence-corrected chi connectivity index (χ0v) is 11.9. The summed E-state index contributed by atoms with van der Waals surface area (Å²) >= 11 is 6.04. The number of nitrogens with two attached hydrogens (primary N) is 1. The third-order valence-corrected chi connectivity index (χ3v) is 3.55. The van der Waals surface area contributed by atoms with Gasteiger partial charge in [-0.2, -0.15) is 0 Å². The number of hydrogen-bond acceptors (Lipinski definition) is 3. The molecule has 0 fully saturated rings. The Labute approximate surface area is 122 Å². The first kappa shape index (κ1) is 13.1. The number of pyridine rings is 1. The van der Waals surface area contributed by atoms with Gasteiger partial charge in [0.15, 0.2) is 0 Å². The third kappa shape index (κ3) is 2.17. The maximum atomic E-state index is 6.04. The van der Waals surface area contributed by atoms with E-state index >= 15 is 0 Å². The summed E-state index contributed by atoms with van der Waals surface area (Å²) in [7, 11) is 0. The molecule has 0 amide bonds. The van der Waals surface area contributed by atoms with Crippen LogP contribution in [0.2, 0.25) is 5.02 Å². The van der Waals surface area contributed by atoms with Gasteiger partial charge < -0.3 is 10.3 Å². The lowest BCUT2D eigenvalue weighted by molar-refractivity contribution is 0.795. The predicted molar refractivity (Wildman–Crippen MR) is 81.5 cm³/mol. The summed E-state index contributed by atoms with van der Waals surface area (Å²) in [5.74, 6) is 0.918. The zero-order chi connectivity index (χ0) is 14.1. The van der Waals surface area contributed by atoms with Crippen molar-refractivity contribution in [1.29, 1.82) is 0 Å². The number of fused-ring (bicyclic) bond motifs is 1. The Morgan fingerprint density at radius 1 is 1.25 bits per heavy atom. The second-order valence-corrected chi connectivity index (χ2v) is 4.99. The molecule has 3 aromatic rings. The average Bonchev–Trinajstić information content (AvgIpc) is 2.84. The van der Waals surface area contributed by atoms with Crippen LogP contribution in [0.5, 0.6) is 0 Å². The topological polar surface area (TPSA) is 56.7 Å². The van der Waals surface area contributed by atoms with Gasteiger partial charge >= 0.3 is 0 Å². The quantitative estimate of drug-likeness (QED) is 0.804. The van der Waals surface area contributed by atoms with E-state index in [1.54, 1.807) is 6.20 Å². The molecule has 0 saturated carbocycles. The van der Waals surface area contributed by atoms with E-state index in [2.05, 4.69) is 16.5 Å². The molecule has 5 heteroatoms. The van der Waals surface area contributed by atoms with Crippen LogP contribution >= 0.6 is 11.6 Å². The highest BCUT2D eigenvalue weighted by Crippen LogP contribution is 2.26. The lowest BCUT2D eigenvalue weighted by Crippen LogP contribution is -2.01. The van der Waals surface area contributed by atoms with Crippen molar-refractivity contribution in [1.82, 2.24) is 14.5 Å². The molecule has 0 bridgehead atoms. The molecule has 4 nitrogen and oxygen atoms in total. The Balaban J connectivity index is 2.24. The minimum absolute atomic E-state index is 0.423. The number of halogens is 1. The van der Waals surface area contributed by atoms with E-state index in [4.69, 9.17) is 22.3 Å². The summed E-state index contributed by atoms with van der Waals surface area (Å²) in [5.41, 5.74) is 9.52. The average molecular weight is 287 g/mol. The van der Waals surface area contributed by atoms with Gasteiger partial charge in [0, 0.05) is 29.9 Å². The van der Waals surface area contributed by atoms with Gasteiger partial charge in [-0.15, -0.1) is 0 Å². The number of hydrogen-bond donors (Lipinski definition) is 1. The summed E-state index contributed by atoms with van der Waals surface area (Å²) in [6, 6.07) is 9.71. The summed E-state index contributed by atoms with van der Waals surface area (Å²) in [6.07, 6.45) is 1.77. The van der Waals surface area contributed by atoms with Gasteiger partial charge in [0.2, 0.25) is 0 Å². The SMILES string of the molecule is CCn1c(-c2ccnc(CN)c2)nc2cc(Cl)ccc21. The van der Waals surface area contributed by atoms with Crippen LogP contribution < -0.4 is 5.73 Å². The Morgan fingerprint density at radius 2 is 2.10 bits per heavy atom. The normalized spacial score (nSPS) is 11.2. The van der Waals surface area contributed by atoms with Crippen LogP contribution in [-0.2, 0) is 13.1 Å². The second kappa shape index (κ2) is 5.23. The Kier molecular flexibility index (Phi) is 3.42. The highest BCUT2D eigenvalue weighted by Gasteiger charge is 2.12. The van der Waals surface area contributed by atoms with Gasteiger partial charge in [0.05, 0.1) is 16.7 Å². The Morgan fingerprint density at radius 3 is 2.85 bits per heavy atom. The molecular formula is C15H15ClN4. The number of aryl methyl sites for hydroxylation is 1. The van der Waals surface area contributed by atoms with E-state index in [9.17, 15) is 0 Å². The standard InChI is InChI=1S/C15H15ClN4/c1-2-20-14-4-3-11(16)8-13(14)19-15(20)10-5-6-18-12(7-10)9-17/h3-8H,2,9,17H2,1H3. The van der Waals surface area contributed by atoms with Crippen molar-refractivity contribution in [3.63, 3.8) is 0 Å². The van der Waals surface area contributed by atoms with Crippen molar-refractivity contribution in [3.8, 4) is 11.4 Å². The van der Waals surface area contributed by atoms with Crippen molar-refractivity contribution in [2.75, 3.05) is 0 Å². The lowest BCUT2D eigenvalue weighted by Gasteiger charge is -2.06. The molecule has 0 spiro atoms. The van der Waals surface area contributed by atoms with Crippen LogP contribution in [0.3, 0.4) is 0 Å². The summed E-state index contributed by atoms with van der Waals surface area (Å²) < 4.78 is 2.17. The molecule has 0 atom stereocenters. The summed E-state index contributed by atoms with van der Waals surface area (Å²) in [4.78, 5) is 8.92. The van der Waals surface area contributed by atoms with Crippen molar-refractivity contribution < 1.29 is 0 Å². The Bertz CT molecular complexity index is 764. The fourth-order valence-electron chi connectivity index (χ4n) is 2.37. The van der Waals surface area contributed by atoms with Crippen molar-refractivity contribution in [2.24, 2.45) is 5.73 Å². The third-order valence-electron chi connectivity index (χ3n) is 3.31. The van der Waals surface area contributed by atoms with Crippen LogP contribution in [0.1, 0.15) is 12.6 Å². The highest BCUT2D eigenvalue weighted by molar-refractivity contribution is 6.31. The van der Waals surface area contributed by atoms with Gasteiger partial charge in [-0.3, -0.25) is 4.98 Å². The van der Waals surface area contributed by atoms with E-state index < -0.39 is 0 Å². The molecule has 2 aromatic heterocycles. The fourth-order valence-corrected chi connectivity index (χ4v) is 2.54. The van der Waals surface area contributed by atoms with Crippen LogP contribution in [0.15, 0.2) is 36.5 Å². The molecule has 2 heterocycles. The molecule has 0 saturated heterocycles. The Hall–Kier alpha value is -1.91. The lowest BCUT2D eigenvalue weighted by atomic mass is 10.2. The number of benzene rings is 1. The first-order valence-electron chi connectivity index (χ1n) is 6.54. The number of imidazole rings is 1. The molecule has 3 rings (SSSR count). The summed E-state index contributed by atoms with van der Waals surface area (Å²) in [5, 5.41) is 0.696. The molecule has 0 unspecified atom stereocenters. The first-order valence-corrected chi connectivity index (χ1v) is 6.92. The molecule has 0 aliphatic heterocycles.